The molecule has 1 amide bonds. The number of hydrogen-bond acceptors (Lipinski definition) is 3. The molecular formula is C19H21FN4O. The van der Waals surface area contributed by atoms with Crippen LogP contribution in [0.3, 0.4) is 0 Å². The number of rotatable bonds is 4. The number of nitrogens with one attached hydrogen (secondary N) is 1. The van der Waals surface area contributed by atoms with Gasteiger partial charge in [0.25, 0.3) is 5.91 Å². The van der Waals surface area contributed by atoms with Crippen LogP contribution in [0, 0.1) is 19.7 Å². The van der Waals surface area contributed by atoms with Gasteiger partial charge in [-0.05, 0) is 51.0 Å². The first-order chi connectivity index (χ1) is 11.9. The number of fused-ring (bicyclic) bond motifs is 1. The van der Waals surface area contributed by atoms with Gasteiger partial charge in [0.1, 0.15) is 5.82 Å². The lowest BCUT2D eigenvalue weighted by Crippen LogP contribution is -2.24. The fourth-order valence-electron chi connectivity index (χ4n) is 2.77. The quantitative estimate of drug-likeness (QED) is 0.788. The van der Waals surface area contributed by atoms with E-state index in [0.29, 0.717) is 23.4 Å². The first-order valence-corrected chi connectivity index (χ1v) is 8.25. The molecule has 0 aliphatic carbocycles. The Bertz CT molecular complexity index is 946. The number of carbonyl (C=O) groups is 1. The van der Waals surface area contributed by atoms with E-state index in [1.54, 1.807) is 25.3 Å². The summed E-state index contributed by atoms with van der Waals surface area (Å²) in [5, 5.41) is 8.04. The molecule has 1 N–H and O–H groups in total. The molecule has 2 heterocycles. The van der Waals surface area contributed by atoms with E-state index in [2.05, 4.69) is 15.4 Å². The summed E-state index contributed by atoms with van der Waals surface area (Å²) in [5.74, 6) is -0.450. The molecule has 6 heteroatoms. The van der Waals surface area contributed by atoms with Gasteiger partial charge in [0.2, 0.25) is 0 Å². The third-order valence-electron chi connectivity index (χ3n) is 4.17. The molecule has 0 aliphatic heterocycles. The number of pyridine rings is 1. The van der Waals surface area contributed by atoms with Crippen LogP contribution in [0.2, 0.25) is 0 Å². The number of amides is 1. The lowest BCUT2D eigenvalue weighted by atomic mass is 10.1. The minimum Gasteiger partial charge on any atom is -0.348 e. The number of benzene rings is 1. The summed E-state index contributed by atoms with van der Waals surface area (Å²) >= 11 is 0. The Morgan fingerprint density at radius 2 is 2.04 bits per heavy atom. The zero-order valence-corrected chi connectivity index (χ0v) is 14.8. The fourth-order valence-corrected chi connectivity index (χ4v) is 2.77. The van der Waals surface area contributed by atoms with Crippen molar-refractivity contribution in [2.24, 2.45) is 0 Å². The second-order valence-electron chi connectivity index (χ2n) is 6.48. The molecular weight excluding hydrogens is 319 g/mol. The first kappa shape index (κ1) is 17.1. The summed E-state index contributed by atoms with van der Waals surface area (Å²) in [6.07, 6.45) is 1.72. The van der Waals surface area contributed by atoms with Crippen LogP contribution < -0.4 is 5.32 Å². The molecule has 0 spiro atoms. The topological polar surface area (TPSA) is 59.8 Å². The fraction of sp³-hybridized carbons (Fsp3) is 0.316. The highest BCUT2D eigenvalue weighted by Crippen LogP contribution is 2.19. The number of nitrogens with zero attached hydrogens (tertiary/aromatic N) is 3. The van der Waals surface area contributed by atoms with Gasteiger partial charge in [0, 0.05) is 18.0 Å². The molecule has 0 saturated heterocycles. The standard InChI is InChI=1S/C19H21FN4O/c1-11(2)24-18-15(10-22-24)8-16(13(4)23-18)19(25)21-9-14-5-6-17(20)12(3)7-14/h5-8,10-11H,9H2,1-4H3,(H,21,25). The Morgan fingerprint density at radius 3 is 2.72 bits per heavy atom. The molecule has 5 nitrogen and oxygen atoms in total. The second-order valence-corrected chi connectivity index (χ2v) is 6.48. The van der Waals surface area contributed by atoms with Crippen LogP contribution in [0.25, 0.3) is 11.0 Å². The Balaban J connectivity index is 1.82. The molecule has 2 aromatic heterocycles. The zero-order valence-electron chi connectivity index (χ0n) is 14.8. The average Bonchev–Trinajstić information content (AvgIpc) is 2.97. The molecule has 1 aromatic carbocycles. The summed E-state index contributed by atoms with van der Waals surface area (Å²) in [7, 11) is 0. The molecule has 0 aliphatic rings. The van der Waals surface area contributed by atoms with Gasteiger partial charge < -0.3 is 5.32 Å². The maximum Gasteiger partial charge on any atom is 0.253 e. The third-order valence-corrected chi connectivity index (χ3v) is 4.17. The van der Waals surface area contributed by atoms with Gasteiger partial charge in [-0.2, -0.15) is 5.10 Å². The van der Waals surface area contributed by atoms with Gasteiger partial charge in [0.05, 0.1) is 17.5 Å². The minimum atomic E-state index is -0.247. The van der Waals surface area contributed by atoms with E-state index in [1.807, 2.05) is 31.5 Å². The molecule has 25 heavy (non-hydrogen) atoms. The maximum atomic E-state index is 13.3. The summed E-state index contributed by atoms with van der Waals surface area (Å²) in [4.78, 5) is 17.1. The van der Waals surface area contributed by atoms with Crippen molar-refractivity contribution < 1.29 is 9.18 Å². The Labute approximate surface area is 145 Å². The van der Waals surface area contributed by atoms with Crippen molar-refractivity contribution in [3.05, 3.63) is 58.7 Å². The minimum absolute atomic E-state index is 0.200. The number of aryl methyl sites for hydroxylation is 2. The number of carbonyl (C=O) groups excluding carboxylic acids is 1. The van der Waals surface area contributed by atoms with Crippen LogP contribution in [-0.2, 0) is 6.54 Å². The van der Waals surface area contributed by atoms with Gasteiger partial charge in [-0.1, -0.05) is 12.1 Å². The van der Waals surface area contributed by atoms with Crippen LogP contribution in [0.15, 0.2) is 30.5 Å². The highest BCUT2D eigenvalue weighted by molar-refractivity contribution is 5.98. The molecule has 0 atom stereocenters. The Morgan fingerprint density at radius 1 is 1.28 bits per heavy atom. The molecule has 0 unspecified atom stereocenters. The summed E-state index contributed by atoms with van der Waals surface area (Å²) < 4.78 is 15.2. The molecule has 0 saturated carbocycles. The highest BCUT2D eigenvalue weighted by Gasteiger charge is 2.15. The van der Waals surface area contributed by atoms with Crippen molar-refractivity contribution in [3.63, 3.8) is 0 Å². The van der Waals surface area contributed by atoms with Crippen molar-refractivity contribution in [1.29, 1.82) is 0 Å². The van der Waals surface area contributed by atoms with Crippen LogP contribution in [0.4, 0.5) is 4.39 Å². The van der Waals surface area contributed by atoms with E-state index in [4.69, 9.17) is 0 Å². The lowest BCUT2D eigenvalue weighted by Gasteiger charge is -2.10. The molecule has 0 fully saturated rings. The average molecular weight is 340 g/mol. The number of aromatic nitrogens is 3. The largest absolute Gasteiger partial charge is 0.348 e. The van der Waals surface area contributed by atoms with Gasteiger partial charge >= 0.3 is 0 Å². The molecule has 3 rings (SSSR count). The van der Waals surface area contributed by atoms with Crippen LogP contribution >= 0.6 is 0 Å². The monoisotopic (exact) mass is 340 g/mol. The summed E-state index contributed by atoms with van der Waals surface area (Å²) in [6.45, 7) is 7.93. The SMILES string of the molecule is Cc1cc(CNC(=O)c2cc3cnn(C(C)C)c3nc2C)ccc1F. The van der Waals surface area contributed by atoms with Crippen molar-refractivity contribution in [2.75, 3.05) is 0 Å². The first-order valence-electron chi connectivity index (χ1n) is 8.25. The predicted molar refractivity (Wildman–Crippen MR) is 95.0 cm³/mol. The van der Waals surface area contributed by atoms with Crippen molar-refractivity contribution in [2.45, 2.75) is 40.3 Å². The van der Waals surface area contributed by atoms with Crippen molar-refractivity contribution >= 4 is 16.9 Å². The predicted octanol–water partition coefficient (Wildman–Crippen LogP) is 3.70. The van der Waals surface area contributed by atoms with E-state index < -0.39 is 0 Å². The lowest BCUT2D eigenvalue weighted by molar-refractivity contribution is 0.0950. The highest BCUT2D eigenvalue weighted by atomic mass is 19.1. The normalized spacial score (nSPS) is 11.3. The van der Waals surface area contributed by atoms with E-state index in [-0.39, 0.29) is 17.8 Å². The molecule has 0 bridgehead atoms. The Kier molecular flexibility index (Phi) is 4.53. The van der Waals surface area contributed by atoms with Gasteiger partial charge in [0.15, 0.2) is 5.65 Å². The maximum absolute atomic E-state index is 13.3. The van der Waals surface area contributed by atoms with Crippen LogP contribution in [0.5, 0.6) is 0 Å². The van der Waals surface area contributed by atoms with E-state index >= 15 is 0 Å². The molecule has 0 radical (unpaired) electrons. The Hall–Kier alpha value is -2.76. The summed E-state index contributed by atoms with van der Waals surface area (Å²) in [6, 6.07) is 6.83. The van der Waals surface area contributed by atoms with Crippen molar-refractivity contribution in [1.82, 2.24) is 20.1 Å². The zero-order chi connectivity index (χ0) is 18.1. The van der Waals surface area contributed by atoms with Crippen LogP contribution in [0.1, 0.15) is 47.1 Å². The molecule has 3 aromatic rings. The number of halogens is 1. The molecule has 130 valence electrons. The smallest absolute Gasteiger partial charge is 0.253 e. The van der Waals surface area contributed by atoms with Gasteiger partial charge in [-0.15, -0.1) is 0 Å². The van der Waals surface area contributed by atoms with E-state index in [9.17, 15) is 9.18 Å². The van der Waals surface area contributed by atoms with E-state index in [0.717, 1.165) is 16.6 Å². The van der Waals surface area contributed by atoms with E-state index in [1.165, 1.54) is 6.07 Å². The van der Waals surface area contributed by atoms with Crippen molar-refractivity contribution in [3.8, 4) is 0 Å². The summed E-state index contributed by atoms with van der Waals surface area (Å²) in [5.41, 5.74) is 3.37. The second kappa shape index (κ2) is 6.63. The number of hydrogen-bond donors (Lipinski definition) is 1. The third kappa shape index (κ3) is 3.38. The van der Waals surface area contributed by atoms with Gasteiger partial charge in [-0.3, -0.25) is 4.79 Å². The van der Waals surface area contributed by atoms with Crippen LogP contribution in [-0.4, -0.2) is 20.7 Å². The van der Waals surface area contributed by atoms with Gasteiger partial charge in [-0.25, -0.2) is 14.1 Å².